The normalized spacial score (nSPS) is 13.0. The van der Waals surface area contributed by atoms with Crippen molar-refractivity contribution in [3.8, 4) is 0 Å². The van der Waals surface area contributed by atoms with Gasteiger partial charge in [-0.2, -0.15) is 0 Å². The van der Waals surface area contributed by atoms with Crippen molar-refractivity contribution in [3.05, 3.63) is 109 Å². The molecule has 0 spiro atoms. The first-order valence-electron chi connectivity index (χ1n) is 25.0. The lowest BCUT2D eigenvalue weighted by atomic mass is 10.1. The second kappa shape index (κ2) is 49.7. The van der Waals surface area contributed by atoms with E-state index < -0.39 is 6.10 Å². The lowest BCUT2D eigenvalue weighted by Crippen LogP contribution is -2.30. The average Bonchev–Trinajstić information content (AvgIpc) is 3.27. The van der Waals surface area contributed by atoms with Gasteiger partial charge in [0.05, 0.1) is 0 Å². The Hall–Kier alpha value is -3.93. The summed E-state index contributed by atoms with van der Waals surface area (Å²) in [5.41, 5.74) is 0. The summed E-state index contributed by atoms with van der Waals surface area (Å²) in [6.07, 6.45) is 66.4. The molecule has 0 bridgehead atoms. The topological polar surface area (TPSA) is 78.9 Å². The second-order valence-corrected chi connectivity index (χ2v) is 16.1. The number of rotatable bonds is 43. The van der Waals surface area contributed by atoms with Gasteiger partial charge in [-0.15, -0.1) is 0 Å². The Kier molecular flexibility index (Phi) is 46.6. The summed E-state index contributed by atoms with van der Waals surface area (Å²) in [5, 5.41) is 0. The molecule has 1 atom stereocenters. The third-order valence-corrected chi connectivity index (χ3v) is 10.2. The van der Waals surface area contributed by atoms with Crippen LogP contribution in [0.2, 0.25) is 0 Å². The molecule has 0 aliphatic rings. The summed E-state index contributed by atoms with van der Waals surface area (Å²) in [4.78, 5) is 38.0. The molecule has 350 valence electrons. The van der Waals surface area contributed by atoms with Crippen molar-refractivity contribution in [2.75, 3.05) is 13.2 Å². The van der Waals surface area contributed by atoms with Crippen molar-refractivity contribution in [2.45, 2.75) is 213 Å². The highest BCUT2D eigenvalue weighted by Gasteiger charge is 2.19. The zero-order valence-corrected chi connectivity index (χ0v) is 39.8. The van der Waals surface area contributed by atoms with Crippen molar-refractivity contribution in [1.29, 1.82) is 0 Å². The van der Waals surface area contributed by atoms with Crippen molar-refractivity contribution in [1.82, 2.24) is 0 Å². The number of unbranched alkanes of at least 4 members (excludes halogenated alkanes) is 19. The lowest BCUT2D eigenvalue weighted by Gasteiger charge is -2.18. The maximum absolute atomic E-state index is 12.8. The number of carbonyl (C=O) groups excluding carboxylic acids is 3. The van der Waals surface area contributed by atoms with E-state index in [1.807, 2.05) is 24.3 Å². The molecule has 0 heterocycles. The van der Waals surface area contributed by atoms with E-state index in [1.54, 1.807) is 0 Å². The van der Waals surface area contributed by atoms with Crippen LogP contribution in [0.1, 0.15) is 207 Å². The Morgan fingerprint density at radius 2 is 0.661 bits per heavy atom. The maximum atomic E-state index is 12.8. The number of hydrogen-bond donors (Lipinski definition) is 0. The van der Waals surface area contributed by atoms with E-state index >= 15 is 0 Å². The summed E-state index contributed by atoms with van der Waals surface area (Å²) in [6, 6.07) is 0. The second-order valence-electron chi connectivity index (χ2n) is 16.1. The molecule has 0 aliphatic heterocycles. The molecule has 0 saturated heterocycles. The minimum Gasteiger partial charge on any atom is -0.462 e. The van der Waals surface area contributed by atoms with Crippen LogP contribution in [0.15, 0.2) is 109 Å². The number of hydrogen-bond acceptors (Lipinski definition) is 6. The first kappa shape index (κ1) is 58.1. The Balaban J connectivity index is 4.48. The lowest BCUT2D eigenvalue weighted by molar-refractivity contribution is -0.167. The Bertz CT molecular complexity index is 1310. The number of ether oxygens (including phenoxy) is 3. The third-order valence-electron chi connectivity index (χ3n) is 10.2. The molecule has 0 saturated carbocycles. The van der Waals surface area contributed by atoms with Crippen LogP contribution >= 0.6 is 0 Å². The fourth-order valence-electron chi connectivity index (χ4n) is 6.49. The first-order valence-corrected chi connectivity index (χ1v) is 25.0. The van der Waals surface area contributed by atoms with Crippen molar-refractivity contribution < 1.29 is 28.6 Å². The van der Waals surface area contributed by atoms with E-state index in [0.717, 1.165) is 122 Å². The summed E-state index contributed by atoms with van der Waals surface area (Å²) >= 11 is 0. The summed E-state index contributed by atoms with van der Waals surface area (Å²) in [5.74, 6) is -0.948. The molecule has 0 aliphatic carbocycles. The minimum absolute atomic E-state index is 0.0974. The molecule has 0 amide bonds. The highest BCUT2D eigenvalue weighted by molar-refractivity contribution is 5.71. The van der Waals surface area contributed by atoms with Crippen LogP contribution in [0.5, 0.6) is 0 Å². The van der Waals surface area contributed by atoms with E-state index in [4.69, 9.17) is 14.2 Å². The van der Waals surface area contributed by atoms with Gasteiger partial charge in [0.1, 0.15) is 13.2 Å². The third kappa shape index (κ3) is 47.1. The van der Waals surface area contributed by atoms with Gasteiger partial charge in [-0.1, -0.05) is 214 Å². The summed E-state index contributed by atoms with van der Waals surface area (Å²) in [7, 11) is 0. The molecule has 1 unspecified atom stereocenters. The van der Waals surface area contributed by atoms with E-state index in [0.29, 0.717) is 19.3 Å². The molecule has 0 rings (SSSR count). The van der Waals surface area contributed by atoms with Crippen LogP contribution in [-0.2, 0) is 28.6 Å². The van der Waals surface area contributed by atoms with Gasteiger partial charge >= 0.3 is 17.9 Å². The summed E-state index contributed by atoms with van der Waals surface area (Å²) in [6.45, 7) is 6.21. The van der Waals surface area contributed by atoms with Crippen LogP contribution in [-0.4, -0.2) is 37.2 Å². The average molecular weight is 859 g/mol. The van der Waals surface area contributed by atoms with Crippen LogP contribution in [0.25, 0.3) is 0 Å². The van der Waals surface area contributed by atoms with Gasteiger partial charge in [-0.25, -0.2) is 0 Å². The van der Waals surface area contributed by atoms with Crippen LogP contribution in [0.3, 0.4) is 0 Å². The number of esters is 3. The molecule has 0 aromatic carbocycles. The van der Waals surface area contributed by atoms with Crippen LogP contribution in [0.4, 0.5) is 0 Å². The fraction of sp³-hybridized carbons (Fsp3) is 0.625. The first-order chi connectivity index (χ1) is 30.5. The van der Waals surface area contributed by atoms with Gasteiger partial charge in [0.25, 0.3) is 0 Å². The quantitative estimate of drug-likeness (QED) is 0.0200. The molecule has 62 heavy (non-hydrogen) atoms. The van der Waals surface area contributed by atoms with Crippen molar-refractivity contribution >= 4 is 17.9 Å². The van der Waals surface area contributed by atoms with Gasteiger partial charge in [0.15, 0.2) is 6.10 Å². The molecular formula is C56H90O6. The summed E-state index contributed by atoms with van der Waals surface area (Å²) < 4.78 is 16.8. The van der Waals surface area contributed by atoms with Gasteiger partial charge in [0.2, 0.25) is 0 Å². The fourth-order valence-corrected chi connectivity index (χ4v) is 6.49. The molecule has 0 aromatic rings. The smallest absolute Gasteiger partial charge is 0.306 e. The van der Waals surface area contributed by atoms with Gasteiger partial charge < -0.3 is 14.2 Å². The highest BCUT2D eigenvalue weighted by atomic mass is 16.6. The standard InChI is InChI=1S/C56H90O6/c1-4-7-10-13-16-19-22-25-28-31-34-37-40-43-46-49-55(58)61-52-53(51-60-54(57)48-45-42-39-36-33-30-27-24-21-18-15-12-9-6-3)62-56(59)50-47-44-41-38-35-32-29-26-23-20-17-14-11-8-5-2/h7-14,16-23,25,28,53H,4-6,15,24,26-27,29-52H2,1-3H3/b10-7-,11-8-,12-9-,16-13-,17-14-,21-18-,22-19-,23-20-,28-25-. The van der Waals surface area contributed by atoms with Crippen LogP contribution in [0, 0.1) is 0 Å². The Morgan fingerprint density at radius 1 is 0.339 bits per heavy atom. The Morgan fingerprint density at radius 3 is 1.08 bits per heavy atom. The molecule has 6 nitrogen and oxygen atoms in total. The number of carbonyl (C=O) groups is 3. The maximum Gasteiger partial charge on any atom is 0.306 e. The van der Waals surface area contributed by atoms with E-state index in [2.05, 4.69) is 106 Å². The molecular weight excluding hydrogens is 769 g/mol. The van der Waals surface area contributed by atoms with Crippen molar-refractivity contribution in [3.63, 3.8) is 0 Å². The SMILES string of the molecule is CC\C=C/C=C\C=C/C=C\CCCCCCCC(=O)OCC(COC(=O)CCCCCCCCC/C=C\C/C=C\CC)OC(=O)CCCCCCCCC\C=C/C=C\C=C/CC. The van der Waals surface area contributed by atoms with Crippen molar-refractivity contribution in [2.24, 2.45) is 0 Å². The van der Waals surface area contributed by atoms with Gasteiger partial charge in [0, 0.05) is 19.3 Å². The van der Waals surface area contributed by atoms with E-state index in [1.165, 1.54) is 44.9 Å². The Labute approximate surface area is 380 Å². The van der Waals surface area contributed by atoms with Crippen LogP contribution < -0.4 is 0 Å². The molecule has 0 radical (unpaired) electrons. The molecule has 0 aromatic heterocycles. The van der Waals surface area contributed by atoms with E-state index in [9.17, 15) is 14.4 Å². The monoisotopic (exact) mass is 859 g/mol. The zero-order valence-electron chi connectivity index (χ0n) is 39.8. The zero-order chi connectivity index (χ0) is 45.1. The largest absolute Gasteiger partial charge is 0.462 e. The predicted octanol–water partition coefficient (Wildman–Crippen LogP) is 16.4. The predicted molar refractivity (Wildman–Crippen MR) is 265 cm³/mol. The molecule has 6 heteroatoms. The molecule has 0 N–H and O–H groups in total. The van der Waals surface area contributed by atoms with E-state index in [-0.39, 0.29) is 31.1 Å². The van der Waals surface area contributed by atoms with Gasteiger partial charge in [-0.3, -0.25) is 14.4 Å². The van der Waals surface area contributed by atoms with Gasteiger partial charge in [-0.05, 0) is 83.5 Å². The minimum atomic E-state index is -0.799. The highest BCUT2D eigenvalue weighted by Crippen LogP contribution is 2.14. The number of allylic oxidation sites excluding steroid dienone is 18. The molecule has 0 fully saturated rings.